The van der Waals surface area contributed by atoms with E-state index in [2.05, 4.69) is 5.32 Å². The van der Waals surface area contributed by atoms with E-state index < -0.39 is 0 Å². The van der Waals surface area contributed by atoms with Crippen LogP contribution < -0.4 is 10.1 Å². The van der Waals surface area contributed by atoms with Crippen molar-refractivity contribution in [3.8, 4) is 11.5 Å². The fourth-order valence-corrected chi connectivity index (χ4v) is 2.81. The molecule has 2 rings (SSSR count). The van der Waals surface area contributed by atoms with Crippen LogP contribution in [0.25, 0.3) is 0 Å². The van der Waals surface area contributed by atoms with Crippen molar-refractivity contribution in [3.05, 3.63) is 45.1 Å². The number of methoxy groups -OCH3 is 1. The fourth-order valence-electron chi connectivity index (χ4n) is 1.72. The Kier molecular flexibility index (Phi) is 4.87. The van der Waals surface area contributed by atoms with Crippen molar-refractivity contribution < 1.29 is 14.6 Å². The number of rotatable bonds is 5. The summed E-state index contributed by atoms with van der Waals surface area (Å²) in [5.41, 5.74) is 0.396. The molecule has 2 N–H and O–H groups in total. The molecule has 2 aromatic rings. The van der Waals surface area contributed by atoms with Gasteiger partial charge in [-0.25, -0.2) is 0 Å². The molecule has 1 amide bonds. The largest absolute Gasteiger partial charge is 0.504 e. The van der Waals surface area contributed by atoms with Crippen LogP contribution in [-0.4, -0.2) is 24.7 Å². The average molecular weight is 312 g/mol. The minimum Gasteiger partial charge on any atom is -0.504 e. The van der Waals surface area contributed by atoms with Gasteiger partial charge in [0.2, 0.25) is 0 Å². The second kappa shape index (κ2) is 6.63. The van der Waals surface area contributed by atoms with Gasteiger partial charge in [0, 0.05) is 17.0 Å². The van der Waals surface area contributed by atoms with Gasteiger partial charge in [0.25, 0.3) is 5.91 Å². The third-order valence-electron chi connectivity index (χ3n) is 2.73. The minimum atomic E-state index is -0.231. The number of hydrogen-bond donors (Lipinski definition) is 2. The zero-order chi connectivity index (χ0) is 14.5. The van der Waals surface area contributed by atoms with E-state index in [9.17, 15) is 9.90 Å². The third kappa shape index (κ3) is 3.65. The first-order valence-electron chi connectivity index (χ1n) is 5.99. The molecule has 0 unspecified atom stereocenters. The summed E-state index contributed by atoms with van der Waals surface area (Å²) >= 11 is 7.34. The highest BCUT2D eigenvalue weighted by Crippen LogP contribution is 2.26. The number of amides is 1. The van der Waals surface area contributed by atoms with Crippen LogP contribution in [0.3, 0.4) is 0 Å². The van der Waals surface area contributed by atoms with Crippen LogP contribution in [0, 0.1) is 0 Å². The molecule has 20 heavy (non-hydrogen) atoms. The van der Waals surface area contributed by atoms with Crippen LogP contribution >= 0.6 is 22.9 Å². The second-order valence-corrected chi connectivity index (χ2v) is 5.90. The number of carbonyl (C=O) groups excluding carboxylic acids is 1. The SMILES string of the molecule is COc1ccc(C(=O)NCCc2ccc(Cl)s2)cc1O. The summed E-state index contributed by atoms with van der Waals surface area (Å²) in [6.45, 7) is 0.516. The molecule has 1 aromatic carbocycles. The van der Waals surface area contributed by atoms with Gasteiger partial charge in [-0.2, -0.15) is 0 Å². The predicted octanol–water partition coefficient (Wildman–Crippen LogP) is 3.09. The normalized spacial score (nSPS) is 10.3. The standard InChI is InChI=1S/C14H14ClNO3S/c1-19-12-4-2-9(8-11(12)17)14(18)16-7-6-10-3-5-13(15)20-10/h2-5,8,17H,6-7H2,1H3,(H,16,18). The van der Waals surface area contributed by atoms with E-state index >= 15 is 0 Å². The van der Waals surface area contributed by atoms with Crippen LogP contribution in [0.4, 0.5) is 0 Å². The van der Waals surface area contributed by atoms with E-state index in [0.717, 1.165) is 15.6 Å². The Hall–Kier alpha value is -1.72. The molecule has 0 bridgehead atoms. The number of phenols is 1. The van der Waals surface area contributed by atoms with Gasteiger partial charge in [0.1, 0.15) is 0 Å². The summed E-state index contributed by atoms with van der Waals surface area (Å²) in [5, 5.41) is 12.4. The highest BCUT2D eigenvalue weighted by Gasteiger charge is 2.09. The maximum Gasteiger partial charge on any atom is 0.251 e. The maximum absolute atomic E-state index is 11.9. The van der Waals surface area contributed by atoms with Crippen LogP contribution in [0.5, 0.6) is 11.5 Å². The lowest BCUT2D eigenvalue weighted by Gasteiger charge is -2.07. The van der Waals surface area contributed by atoms with Crippen molar-refractivity contribution in [2.45, 2.75) is 6.42 Å². The first-order chi connectivity index (χ1) is 9.60. The molecule has 1 aromatic heterocycles. The van der Waals surface area contributed by atoms with Crippen molar-refractivity contribution in [3.63, 3.8) is 0 Å². The van der Waals surface area contributed by atoms with E-state index in [1.807, 2.05) is 12.1 Å². The first-order valence-corrected chi connectivity index (χ1v) is 7.19. The number of aromatic hydroxyl groups is 1. The van der Waals surface area contributed by atoms with Crippen molar-refractivity contribution >= 4 is 28.8 Å². The third-order valence-corrected chi connectivity index (χ3v) is 4.02. The summed E-state index contributed by atoms with van der Waals surface area (Å²) in [4.78, 5) is 13.0. The van der Waals surface area contributed by atoms with E-state index in [1.165, 1.54) is 24.5 Å². The van der Waals surface area contributed by atoms with Crippen LogP contribution in [0.2, 0.25) is 4.34 Å². The Balaban J connectivity index is 1.90. The predicted molar refractivity (Wildman–Crippen MR) is 80.0 cm³/mol. The van der Waals surface area contributed by atoms with Crippen molar-refractivity contribution in [2.24, 2.45) is 0 Å². The first kappa shape index (κ1) is 14.7. The van der Waals surface area contributed by atoms with Crippen molar-refractivity contribution in [1.29, 1.82) is 0 Å². The van der Waals surface area contributed by atoms with Crippen LogP contribution in [-0.2, 0) is 6.42 Å². The number of phenolic OH excluding ortho intramolecular Hbond substituents is 1. The molecule has 0 saturated carbocycles. The molecule has 6 heteroatoms. The van der Waals surface area contributed by atoms with Gasteiger partial charge in [-0.1, -0.05) is 11.6 Å². The Labute approximate surface area is 126 Å². The van der Waals surface area contributed by atoms with Gasteiger partial charge < -0.3 is 15.2 Å². The lowest BCUT2D eigenvalue weighted by Crippen LogP contribution is -2.25. The van der Waals surface area contributed by atoms with E-state index in [-0.39, 0.29) is 11.7 Å². The Bertz CT molecular complexity index is 612. The number of carbonyl (C=O) groups is 1. The molecule has 0 atom stereocenters. The molecule has 0 radical (unpaired) electrons. The maximum atomic E-state index is 11.9. The molecule has 0 aliphatic rings. The highest BCUT2D eigenvalue weighted by molar-refractivity contribution is 7.16. The molecular weight excluding hydrogens is 298 g/mol. The van der Waals surface area contributed by atoms with Crippen molar-refractivity contribution in [2.75, 3.05) is 13.7 Å². The number of halogens is 1. The summed E-state index contributed by atoms with van der Waals surface area (Å²) in [7, 11) is 1.46. The molecule has 0 aliphatic heterocycles. The van der Waals surface area contributed by atoms with E-state index in [4.69, 9.17) is 16.3 Å². The van der Waals surface area contributed by atoms with Crippen molar-refractivity contribution in [1.82, 2.24) is 5.32 Å². The van der Waals surface area contributed by atoms with Gasteiger partial charge in [0.05, 0.1) is 11.4 Å². The molecule has 0 spiro atoms. The van der Waals surface area contributed by atoms with Gasteiger partial charge in [-0.15, -0.1) is 11.3 Å². The number of ether oxygens (including phenoxy) is 1. The Morgan fingerprint density at radius 2 is 2.20 bits per heavy atom. The number of nitrogens with one attached hydrogen (secondary N) is 1. The highest BCUT2D eigenvalue weighted by atomic mass is 35.5. The summed E-state index contributed by atoms with van der Waals surface area (Å²) in [5.74, 6) is 0.0607. The number of benzene rings is 1. The Morgan fingerprint density at radius 1 is 1.40 bits per heavy atom. The molecule has 0 saturated heterocycles. The summed E-state index contributed by atoms with van der Waals surface area (Å²) in [6, 6.07) is 8.33. The minimum absolute atomic E-state index is 0.0508. The zero-order valence-electron chi connectivity index (χ0n) is 10.9. The van der Waals surface area contributed by atoms with Gasteiger partial charge in [0.15, 0.2) is 11.5 Å². The lowest BCUT2D eigenvalue weighted by molar-refractivity contribution is 0.0953. The van der Waals surface area contributed by atoms with Crippen LogP contribution in [0.15, 0.2) is 30.3 Å². The summed E-state index contributed by atoms with van der Waals surface area (Å²) < 4.78 is 5.67. The molecule has 1 heterocycles. The second-order valence-electron chi connectivity index (χ2n) is 4.10. The Morgan fingerprint density at radius 3 is 2.80 bits per heavy atom. The van der Waals surface area contributed by atoms with Gasteiger partial charge in [-0.05, 0) is 36.8 Å². The van der Waals surface area contributed by atoms with Crippen LogP contribution in [0.1, 0.15) is 15.2 Å². The van der Waals surface area contributed by atoms with Gasteiger partial charge >= 0.3 is 0 Å². The average Bonchev–Trinajstić information content (AvgIpc) is 2.84. The molecule has 0 aliphatic carbocycles. The molecule has 0 fully saturated rings. The molecule has 106 valence electrons. The quantitative estimate of drug-likeness (QED) is 0.892. The summed E-state index contributed by atoms with van der Waals surface area (Å²) in [6.07, 6.45) is 0.727. The van der Waals surface area contributed by atoms with E-state index in [1.54, 1.807) is 12.1 Å². The fraction of sp³-hybridized carbons (Fsp3) is 0.214. The number of hydrogen-bond acceptors (Lipinski definition) is 4. The molecule has 4 nitrogen and oxygen atoms in total. The zero-order valence-corrected chi connectivity index (χ0v) is 12.4. The lowest BCUT2D eigenvalue weighted by atomic mass is 10.2. The van der Waals surface area contributed by atoms with E-state index in [0.29, 0.717) is 17.9 Å². The smallest absolute Gasteiger partial charge is 0.251 e. The monoisotopic (exact) mass is 311 g/mol. The number of thiophene rings is 1. The molecular formula is C14H14ClNO3S. The topological polar surface area (TPSA) is 58.6 Å². The van der Waals surface area contributed by atoms with Gasteiger partial charge in [-0.3, -0.25) is 4.79 Å².